The minimum absolute atomic E-state index is 0.0382. The van der Waals surface area contributed by atoms with Crippen molar-refractivity contribution in [1.82, 2.24) is 4.90 Å². The summed E-state index contributed by atoms with van der Waals surface area (Å²) >= 11 is 7.88. The first-order valence-electron chi connectivity index (χ1n) is 10.7. The van der Waals surface area contributed by atoms with Gasteiger partial charge in [-0.1, -0.05) is 36.7 Å². The Morgan fingerprint density at radius 3 is 2.72 bits per heavy atom. The number of aliphatic hydroxyl groups is 1. The topological polar surface area (TPSA) is 98.2 Å². The number of aliphatic hydroxyl groups excluding tert-OH is 1. The molecule has 32 heavy (non-hydrogen) atoms. The van der Waals surface area contributed by atoms with Gasteiger partial charge in [-0.3, -0.25) is 14.4 Å². The molecular formula is C23H27ClN2O5S. The monoisotopic (exact) mass is 478 g/mol. The van der Waals surface area contributed by atoms with Crippen molar-refractivity contribution in [2.45, 2.75) is 42.3 Å². The Hall–Kier alpha value is -2.03. The van der Waals surface area contributed by atoms with Gasteiger partial charge in [-0.05, 0) is 31.4 Å². The number of hydrogen-bond acceptors (Lipinski definition) is 5. The molecule has 2 N–H and O–H groups in total. The number of rotatable bonds is 7. The number of carboxylic acids is 1. The zero-order valence-electron chi connectivity index (χ0n) is 18.0. The lowest BCUT2D eigenvalue weighted by Gasteiger charge is -2.41. The average Bonchev–Trinajstić information content (AvgIpc) is 3.35. The lowest BCUT2D eigenvalue weighted by Crippen LogP contribution is -2.59. The van der Waals surface area contributed by atoms with Gasteiger partial charge in [-0.15, -0.1) is 18.3 Å². The second kappa shape index (κ2) is 8.39. The summed E-state index contributed by atoms with van der Waals surface area (Å²) in [4.78, 5) is 42.9. The predicted octanol–water partition coefficient (Wildman–Crippen LogP) is 2.66. The fraction of sp³-hybridized carbons (Fsp3) is 0.522. The predicted molar refractivity (Wildman–Crippen MR) is 124 cm³/mol. The van der Waals surface area contributed by atoms with Gasteiger partial charge in [0.1, 0.15) is 6.04 Å². The Morgan fingerprint density at radius 1 is 1.44 bits per heavy atom. The fourth-order valence-corrected chi connectivity index (χ4v) is 8.47. The Morgan fingerprint density at radius 2 is 2.12 bits per heavy atom. The number of anilines is 1. The number of nitrogens with zero attached hydrogens (tertiary/aromatic N) is 2. The smallest absolute Gasteiger partial charge is 0.308 e. The van der Waals surface area contributed by atoms with Gasteiger partial charge in [0.15, 0.2) is 0 Å². The summed E-state index contributed by atoms with van der Waals surface area (Å²) in [5, 5.41) is 20.0. The second-order valence-corrected chi connectivity index (χ2v) is 10.8. The zero-order chi connectivity index (χ0) is 23.4. The molecule has 3 fully saturated rings. The zero-order valence-corrected chi connectivity index (χ0v) is 19.6. The van der Waals surface area contributed by atoms with Crippen LogP contribution in [-0.2, 0) is 14.4 Å². The standard InChI is InChI=1S/C23H27ClN2O5S/c1-4-9-25(15-8-6-5-7-14(15)24)21(29)19-23-12(2)10-16(32-23)17(22(30)31)18(23)20(28)26(19)13(3)11-27/h4-8,12-13,16-19,27H,1,9-11H2,2-3H3,(H,30,31)/t12?,13-,16+,17-,18+,19?,23?/m1/s1. The summed E-state index contributed by atoms with van der Waals surface area (Å²) in [6.07, 6.45) is 2.22. The Bertz CT molecular complexity index is 973. The van der Waals surface area contributed by atoms with Crippen molar-refractivity contribution in [3.05, 3.63) is 41.9 Å². The maximum atomic E-state index is 14.2. The highest BCUT2D eigenvalue weighted by Crippen LogP contribution is 2.68. The highest BCUT2D eigenvalue weighted by Gasteiger charge is 2.76. The minimum atomic E-state index is -1.01. The van der Waals surface area contributed by atoms with Gasteiger partial charge >= 0.3 is 5.97 Å². The first-order chi connectivity index (χ1) is 15.2. The van der Waals surface area contributed by atoms with Crippen molar-refractivity contribution in [2.75, 3.05) is 18.1 Å². The molecule has 3 heterocycles. The van der Waals surface area contributed by atoms with Gasteiger partial charge in [0.2, 0.25) is 5.91 Å². The van der Waals surface area contributed by atoms with Crippen LogP contribution >= 0.6 is 23.4 Å². The van der Waals surface area contributed by atoms with Crippen LogP contribution in [0, 0.1) is 17.8 Å². The van der Waals surface area contributed by atoms with Crippen LogP contribution < -0.4 is 4.90 Å². The lowest BCUT2D eigenvalue weighted by atomic mass is 9.66. The summed E-state index contributed by atoms with van der Waals surface area (Å²) in [6.45, 7) is 7.30. The summed E-state index contributed by atoms with van der Waals surface area (Å²) in [5.41, 5.74) is 0.503. The van der Waals surface area contributed by atoms with E-state index in [1.807, 2.05) is 6.92 Å². The molecule has 1 aromatic carbocycles. The van der Waals surface area contributed by atoms with Crippen LogP contribution in [0.25, 0.3) is 0 Å². The third kappa shape index (κ3) is 3.10. The van der Waals surface area contributed by atoms with Gasteiger partial charge in [-0.25, -0.2) is 0 Å². The molecule has 0 radical (unpaired) electrons. The molecule has 1 aromatic rings. The van der Waals surface area contributed by atoms with Crippen LogP contribution in [-0.4, -0.2) is 68.1 Å². The first-order valence-corrected chi connectivity index (χ1v) is 12.0. The maximum Gasteiger partial charge on any atom is 0.308 e. The van der Waals surface area contributed by atoms with Gasteiger partial charge in [-0.2, -0.15) is 0 Å². The molecule has 2 amide bonds. The third-order valence-corrected chi connectivity index (χ3v) is 9.56. The average molecular weight is 479 g/mol. The number of carboxylic acid groups (broad SMARTS) is 1. The number of fused-ring (bicyclic) bond motifs is 1. The van der Waals surface area contributed by atoms with E-state index in [-0.39, 0.29) is 36.1 Å². The summed E-state index contributed by atoms with van der Waals surface area (Å²) < 4.78 is -0.869. The van der Waals surface area contributed by atoms with E-state index in [1.54, 1.807) is 37.3 Å². The Balaban J connectivity index is 1.87. The van der Waals surface area contributed by atoms with E-state index in [2.05, 4.69) is 6.58 Å². The van der Waals surface area contributed by atoms with Crippen molar-refractivity contribution in [2.24, 2.45) is 17.8 Å². The van der Waals surface area contributed by atoms with Crippen molar-refractivity contribution in [3.8, 4) is 0 Å². The number of carbonyl (C=O) groups is 3. The van der Waals surface area contributed by atoms with Crippen LogP contribution in [0.5, 0.6) is 0 Å². The van der Waals surface area contributed by atoms with Crippen LogP contribution in [0.15, 0.2) is 36.9 Å². The molecule has 7 atom stereocenters. The van der Waals surface area contributed by atoms with E-state index in [4.69, 9.17) is 11.6 Å². The van der Waals surface area contributed by atoms with Crippen molar-refractivity contribution < 1.29 is 24.6 Å². The molecule has 3 aliphatic rings. The molecule has 3 saturated heterocycles. The number of hydrogen-bond donors (Lipinski definition) is 2. The molecule has 4 rings (SSSR count). The molecule has 0 saturated carbocycles. The molecule has 3 aliphatic heterocycles. The fourth-order valence-electron chi connectivity index (χ4n) is 5.84. The number of thioether (sulfide) groups is 1. The van der Waals surface area contributed by atoms with Crippen molar-refractivity contribution in [3.63, 3.8) is 0 Å². The van der Waals surface area contributed by atoms with E-state index in [9.17, 15) is 24.6 Å². The molecule has 7 nitrogen and oxygen atoms in total. The van der Waals surface area contributed by atoms with Crippen molar-refractivity contribution in [1.29, 1.82) is 0 Å². The highest BCUT2D eigenvalue weighted by atomic mass is 35.5. The second-order valence-electron chi connectivity index (χ2n) is 8.86. The van der Waals surface area contributed by atoms with Gasteiger partial charge < -0.3 is 20.0 Å². The van der Waals surface area contributed by atoms with Crippen molar-refractivity contribution >= 4 is 46.8 Å². The third-order valence-electron chi connectivity index (χ3n) is 7.16. The van der Waals surface area contributed by atoms with Gasteiger partial charge in [0, 0.05) is 11.8 Å². The Kier molecular flexibility index (Phi) is 6.07. The largest absolute Gasteiger partial charge is 0.481 e. The number of likely N-dealkylation sites (tertiary alicyclic amines) is 1. The maximum absolute atomic E-state index is 14.2. The molecule has 3 unspecified atom stereocenters. The SMILES string of the molecule is C=CCN(C(=O)C1N([C@H](C)CO)C(=O)[C@@H]2[C@H](C(=O)O)[C@@H]3CC(C)C12S3)c1ccccc1Cl. The van der Waals surface area contributed by atoms with E-state index in [0.29, 0.717) is 17.1 Å². The molecule has 172 valence electrons. The number of halogens is 1. The van der Waals surface area contributed by atoms with Crippen LogP contribution in [0.4, 0.5) is 5.69 Å². The lowest BCUT2D eigenvalue weighted by molar-refractivity contribution is -0.149. The van der Waals surface area contributed by atoms with Gasteiger partial charge in [0.05, 0.1) is 39.9 Å². The number of para-hydroxylation sites is 1. The highest BCUT2D eigenvalue weighted by molar-refractivity contribution is 8.02. The molecule has 9 heteroatoms. The molecule has 1 spiro atoms. The minimum Gasteiger partial charge on any atom is -0.481 e. The van der Waals surface area contributed by atoms with E-state index < -0.39 is 34.6 Å². The number of carbonyl (C=O) groups excluding carboxylic acids is 2. The van der Waals surface area contributed by atoms with Crippen LogP contribution in [0.3, 0.4) is 0 Å². The van der Waals surface area contributed by atoms with Gasteiger partial charge in [0.25, 0.3) is 5.91 Å². The summed E-state index contributed by atoms with van der Waals surface area (Å²) in [5.74, 6) is -3.39. The molecular weight excluding hydrogens is 452 g/mol. The summed E-state index contributed by atoms with van der Waals surface area (Å²) in [7, 11) is 0. The Labute approximate surface area is 196 Å². The first kappa shape index (κ1) is 23.1. The quantitative estimate of drug-likeness (QED) is 0.585. The molecule has 0 aliphatic carbocycles. The number of benzene rings is 1. The van der Waals surface area contributed by atoms with E-state index in [0.717, 1.165) is 0 Å². The summed E-state index contributed by atoms with van der Waals surface area (Å²) in [6, 6.07) is 5.43. The molecule has 2 bridgehead atoms. The van der Waals surface area contributed by atoms with Crippen LogP contribution in [0.2, 0.25) is 5.02 Å². The normalized spacial score (nSPS) is 33.8. The number of amides is 2. The van der Waals surface area contributed by atoms with Crippen LogP contribution in [0.1, 0.15) is 20.3 Å². The van der Waals surface area contributed by atoms with E-state index >= 15 is 0 Å². The number of aliphatic carboxylic acids is 1. The molecule has 0 aromatic heterocycles. The van der Waals surface area contributed by atoms with E-state index in [1.165, 1.54) is 21.6 Å².